The van der Waals surface area contributed by atoms with Gasteiger partial charge >= 0.3 is 0 Å². The van der Waals surface area contributed by atoms with Gasteiger partial charge in [-0.15, -0.1) is 0 Å². The number of ether oxygens (including phenoxy) is 1. The van der Waals surface area contributed by atoms with Crippen LogP contribution in [0.25, 0.3) is 0 Å². The molecule has 0 aliphatic rings. The number of aromatic hydroxyl groups is 1. The first-order chi connectivity index (χ1) is 17.5. The Morgan fingerprint density at radius 2 is 1.86 bits per heavy atom. The Morgan fingerprint density at radius 1 is 1.19 bits per heavy atom. The number of nitrogens with zero attached hydrogens (tertiary/aromatic N) is 2. The molecule has 2 aromatic carbocycles. The minimum Gasteiger partial charge on any atom is -0.504 e. The maximum absolute atomic E-state index is 13.9. The second kappa shape index (κ2) is 11.7. The van der Waals surface area contributed by atoms with Crippen LogP contribution in [0, 0.1) is 11.7 Å². The van der Waals surface area contributed by atoms with Crippen molar-refractivity contribution in [1.82, 2.24) is 9.69 Å². The van der Waals surface area contributed by atoms with Crippen LogP contribution in [0.2, 0.25) is 0 Å². The molecule has 0 fully saturated rings. The van der Waals surface area contributed by atoms with Gasteiger partial charge in [-0.2, -0.15) is 4.37 Å². The molecule has 12 heteroatoms. The Bertz CT molecular complexity index is 1300. The van der Waals surface area contributed by atoms with Gasteiger partial charge in [0, 0.05) is 12.2 Å². The third-order valence-electron chi connectivity index (χ3n) is 5.53. The third kappa shape index (κ3) is 6.15. The van der Waals surface area contributed by atoms with Crippen LogP contribution in [0.5, 0.6) is 11.5 Å². The lowest BCUT2D eigenvalue weighted by Gasteiger charge is -2.31. The fraction of sp³-hybridized carbons (Fsp3) is 0.280. The molecule has 0 aliphatic carbocycles. The van der Waals surface area contributed by atoms with Crippen LogP contribution in [0.1, 0.15) is 52.0 Å². The van der Waals surface area contributed by atoms with Gasteiger partial charge in [-0.3, -0.25) is 19.3 Å². The Kier molecular flexibility index (Phi) is 8.66. The van der Waals surface area contributed by atoms with Crippen molar-refractivity contribution >= 4 is 40.6 Å². The standard InChI is InChI=1S/C25H28FN5O5S/c1-13(2)10-11-29-24(34)21(14-4-9-17(32)18(12-14)36-3)31(16-7-5-15(26)6-8-16)25(35)22-19(27)20(23(28)33)30-37-22/h4-9,12-13,21,32H,10-11,27H2,1-3H3,(H2,28,33)(H,29,34)/t21-/m1/s1. The van der Waals surface area contributed by atoms with E-state index in [0.717, 1.165) is 17.0 Å². The van der Waals surface area contributed by atoms with Crippen molar-refractivity contribution in [3.63, 3.8) is 0 Å². The van der Waals surface area contributed by atoms with Gasteiger partial charge in [0.05, 0.1) is 12.8 Å². The molecule has 196 valence electrons. The lowest BCUT2D eigenvalue weighted by molar-refractivity contribution is -0.122. The molecule has 1 aromatic heterocycles. The number of halogens is 1. The second-order valence-electron chi connectivity index (χ2n) is 8.60. The Hall–Kier alpha value is -4.19. The number of phenols is 1. The highest BCUT2D eigenvalue weighted by Crippen LogP contribution is 2.36. The Morgan fingerprint density at radius 3 is 2.43 bits per heavy atom. The SMILES string of the molecule is COc1cc([C@H](C(=O)NCCC(C)C)N(C(=O)c2snc(C(N)=O)c2N)c2ccc(F)cc2)ccc1O. The molecule has 0 unspecified atom stereocenters. The molecule has 0 aliphatic heterocycles. The van der Waals surface area contributed by atoms with Crippen molar-refractivity contribution in [1.29, 1.82) is 0 Å². The number of amides is 3. The molecule has 3 amide bonds. The van der Waals surface area contributed by atoms with Gasteiger partial charge in [0.1, 0.15) is 16.7 Å². The number of nitrogen functional groups attached to an aromatic ring is 1. The molecule has 3 rings (SSSR count). The van der Waals surface area contributed by atoms with Crippen LogP contribution in [0.4, 0.5) is 15.8 Å². The smallest absolute Gasteiger partial charge is 0.273 e. The fourth-order valence-electron chi connectivity index (χ4n) is 3.59. The molecule has 0 radical (unpaired) electrons. The Balaban J connectivity index is 2.20. The topological polar surface area (TPSA) is 161 Å². The molecule has 1 atom stereocenters. The second-order valence-corrected chi connectivity index (χ2v) is 9.37. The van der Waals surface area contributed by atoms with Crippen LogP contribution in [-0.2, 0) is 4.79 Å². The van der Waals surface area contributed by atoms with E-state index in [9.17, 15) is 23.9 Å². The van der Waals surface area contributed by atoms with Crippen molar-refractivity contribution in [2.24, 2.45) is 11.7 Å². The maximum atomic E-state index is 13.9. The van der Waals surface area contributed by atoms with Crippen LogP contribution in [-0.4, -0.2) is 40.9 Å². The molecule has 0 bridgehead atoms. The predicted octanol–water partition coefficient (Wildman–Crippen LogP) is 3.23. The number of aromatic nitrogens is 1. The molecule has 3 aromatic rings. The lowest BCUT2D eigenvalue weighted by Crippen LogP contribution is -2.44. The van der Waals surface area contributed by atoms with E-state index in [1.165, 1.54) is 37.4 Å². The van der Waals surface area contributed by atoms with E-state index in [0.29, 0.717) is 36.0 Å². The summed E-state index contributed by atoms with van der Waals surface area (Å²) in [6.45, 7) is 4.35. The normalized spacial score (nSPS) is 11.7. The number of rotatable bonds is 10. The van der Waals surface area contributed by atoms with Crippen LogP contribution in [0.15, 0.2) is 42.5 Å². The number of phenolic OH excluding ortho intramolecular Hbond substituents is 1. The minimum atomic E-state index is -1.29. The minimum absolute atomic E-state index is 0.0808. The number of nitrogens with one attached hydrogen (secondary N) is 1. The van der Waals surface area contributed by atoms with Gasteiger partial charge in [-0.1, -0.05) is 19.9 Å². The van der Waals surface area contributed by atoms with E-state index in [2.05, 4.69) is 9.69 Å². The summed E-state index contributed by atoms with van der Waals surface area (Å²) in [4.78, 5) is 40.2. The molecule has 0 spiro atoms. The summed E-state index contributed by atoms with van der Waals surface area (Å²) in [5.74, 6) is -2.53. The van der Waals surface area contributed by atoms with E-state index < -0.39 is 29.6 Å². The quantitative estimate of drug-likeness (QED) is 0.313. The summed E-state index contributed by atoms with van der Waals surface area (Å²) < 4.78 is 22.9. The largest absolute Gasteiger partial charge is 0.504 e. The number of nitrogens with two attached hydrogens (primary N) is 2. The number of primary amides is 1. The molecule has 6 N–H and O–H groups in total. The number of anilines is 2. The molecule has 37 heavy (non-hydrogen) atoms. The number of hydrogen-bond acceptors (Lipinski definition) is 8. The van der Waals surface area contributed by atoms with Crippen molar-refractivity contribution < 1.29 is 28.6 Å². The molecular weight excluding hydrogens is 501 g/mol. The highest BCUT2D eigenvalue weighted by molar-refractivity contribution is 7.09. The monoisotopic (exact) mass is 529 g/mol. The number of carbonyl (C=O) groups is 3. The summed E-state index contributed by atoms with van der Waals surface area (Å²) in [5, 5.41) is 13.0. The highest BCUT2D eigenvalue weighted by Gasteiger charge is 2.36. The van der Waals surface area contributed by atoms with Gasteiger partial charge in [-0.25, -0.2) is 4.39 Å². The molecule has 10 nitrogen and oxygen atoms in total. The van der Waals surface area contributed by atoms with E-state index >= 15 is 0 Å². The van der Waals surface area contributed by atoms with Crippen LogP contribution in [0.3, 0.4) is 0 Å². The number of carbonyl (C=O) groups excluding carboxylic acids is 3. The summed E-state index contributed by atoms with van der Waals surface area (Å²) >= 11 is 0.657. The zero-order chi connectivity index (χ0) is 27.3. The number of benzene rings is 2. The molecular formula is C25H28FN5O5S. The molecule has 0 saturated carbocycles. The van der Waals surface area contributed by atoms with Crippen LogP contribution >= 0.6 is 11.5 Å². The van der Waals surface area contributed by atoms with Gasteiger partial charge < -0.3 is 26.6 Å². The molecule has 0 saturated heterocycles. The van der Waals surface area contributed by atoms with Crippen molar-refractivity contribution in [3.05, 3.63) is 64.4 Å². The van der Waals surface area contributed by atoms with Gasteiger partial charge in [0.15, 0.2) is 17.2 Å². The lowest BCUT2D eigenvalue weighted by atomic mass is 10.0. The highest BCUT2D eigenvalue weighted by atomic mass is 32.1. The van der Waals surface area contributed by atoms with E-state index in [1.807, 2.05) is 13.8 Å². The van der Waals surface area contributed by atoms with Crippen molar-refractivity contribution in [2.45, 2.75) is 26.3 Å². The van der Waals surface area contributed by atoms with Gasteiger partial charge in [0.2, 0.25) is 5.91 Å². The maximum Gasteiger partial charge on any atom is 0.273 e. The fourth-order valence-corrected chi connectivity index (χ4v) is 4.33. The first kappa shape index (κ1) is 27.4. The summed E-state index contributed by atoms with van der Waals surface area (Å²) in [6, 6.07) is 7.91. The van der Waals surface area contributed by atoms with Crippen LogP contribution < -0.4 is 26.4 Å². The third-order valence-corrected chi connectivity index (χ3v) is 6.38. The zero-order valence-corrected chi connectivity index (χ0v) is 21.3. The van der Waals surface area contributed by atoms with Crippen molar-refractivity contribution in [2.75, 3.05) is 24.3 Å². The molecule has 1 heterocycles. The average molecular weight is 530 g/mol. The first-order valence-electron chi connectivity index (χ1n) is 11.3. The number of hydrogen-bond donors (Lipinski definition) is 4. The van der Waals surface area contributed by atoms with Gasteiger partial charge in [-0.05, 0) is 65.8 Å². The van der Waals surface area contributed by atoms with Crippen molar-refractivity contribution in [3.8, 4) is 11.5 Å². The summed E-state index contributed by atoms with van der Waals surface area (Å²) in [6.07, 6.45) is 0.686. The number of methoxy groups -OCH3 is 1. The first-order valence-corrected chi connectivity index (χ1v) is 12.1. The summed E-state index contributed by atoms with van der Waals surface area (Å²) in [7, 11) is 1.35. The van der Waals surface area contributed by atoms with E-state index in [4.69, 9.17) is 16.2 Å². The average Bonchev–Trinajstić information content (AvgIpc) is 3.24. The summed E-state index contributed by atoms with van der Waals surface area (Å²) in [5.41, 5.74) is 11.3. The van der Waals surface area contributed by atoms with E-state index in [-0.39, 0.29) is 33.4 Å². The zero-order valence-electron chi connectivity index (χ0n) is 20.5. The van der Waals surface area contributed by atoms with E-state index in [1.54, 1.807) is 0 Å². The van der Waals surface area contributed by atoms with Gasteiger partial charge in [0.25, 0.3) is 11.8 Å². The Labute approximate surface area is 217 Å². The predicted molar refractivity (Wildman–Crippen MR) is 138 cm³/mol.